The molecule has 8 aromatic heterocycles. The predicted molar refractivity (Wildman–Crippen MR) is 283 cm³/mol. The molecular weight excluding hydrogens is 887 g/mol. The summed E-state index contributed by atoms with van der Waals surface area (Å²) in [6.45, 7) is 3.34. The molecule has 4 aromatic carbocycles. The maximum Gasteiger partial charge on any atom is 0.0571 e. The molecule has 0 atom stereocenters. The lowest BCUT2D eigenvalue weighted by atomic mass is 10.0. The smallest absolute Gasteiger partial charge is 0.0571 e. The number of aromatic nitrogens is 1. The van der Waals surface area contributed by atoms with Gasteiger partial charge < -0.3 is 4.57 Å². The van der Waals surface area contributed by atoms with Crippen molar-refractivity contribution in [2.75, 3.05) is 0 Å². The van der Waals surface area contributed by atoms with E-state index in [0.29, 0.717) is 0 Å². The van der Waals surface area contributed by atoms with Gasteiger partial charge in [-0.05, 0) is 101 Å². The number of benzene rings is 4. The number of thiophene rings is 7. The molecular formula is C54H41NS7. The van der Waals surface area contributed by atoms with Crippen molar-refractivity contribution in [1.29, 1.82) is 0 Å². The van der Waals surface area contributed by atoms with E-state index in [1.54, 1.807) is 0 Å². The molecule has 0 N–H and O–H groups in total. The van der Waals surface area contributed by atoms with Crippen molar-refractivity contribution >= 4 is 132 Å². The minimum Gasteiger partial charge on any atom is -0.340 e. The quantitative estimate of drug-likeness (QED) is 0.102. The average Bonchev–Trinajstić information content (AvgIpc) is 4.14. The minimum absolute atomic E-state index is 1.03. The van der Waals surface area contributed by atoms with Crippen molar-refractivity contribution in [3.8, 4) is 59.9 Å². The van der Waals surface area contributed by atoms with Crippen LogP contribution in [-0.4, -0.2) is 4.57 Å². The molecule has 12 rings (SSSR count). The van der Waals surface area contributed by atoms with E-state index in [9.17, 15) is 0 Å². The summed E-state index contributed by atoms with van der Waals surface area (Å²) >= 11 is 13.2. The van der Waals surface area contributed by atoms with Crippen LogP contribution < -0.4 is 0 Å². The summed E-state index contributed by atoms with van der Waals surface area (Å²) in [5, 5.41) is 12.5. The van der Waals surface area contributed by atoms with Crippen LogP contribution in [0.3, 0.4) is 0 Å². The normalized spacial score (nSPS) is 12.1. The fourth-order valence-electron chi connectivity index (χ4n) is 9.12. The van der Waals surface area contributed by atoms with Gasteiger partial charge in [-0.15, -0.1) is 79.4 Å². The monoisotopic (exact) mass is 927 g/mol. The van der Waals surface area contributed by atoms with Crippen LogP contribution in [0.2, 0.25) is 0 Å². The molecule has 1 nitrogen and oxygen atoms in total. The number of rotatable bonds is 13. The zero-order valence-electron chi connectivity index (χ0n) is 34.1. The Labute approximate surface area is 389 Å². The molecule has 0 amide bonds. The Morgan fingerprint density at radius 2 is 0.855 bits per heavy atom. The number of hydrogen-bond acceptors (Lipinski definition) is 7. The Morgan fingerprint density at radius 1 is 0.387 bits per heavy atom. The Balaban J connectivity index is 0.919. The Morgan fingerprint density at radius 3 is 1.45 bits per heavy atom. The molecule has 8 heterocycles. The molecule has 0 radical (unpaired) electrons. The Hall–Kier alpha value is -4.64. The van der Waals surface area contributed by atoms with Crippen molar-refractivity contribution in [2.45, 2.75) is 52.0 Å². The molecule has 62 heavy (non-hydrogen) atoms. The highest BCUT2D eigenvalue weighted by Gasteiger charge is 2.19. The molecule has 0 fully saturated rings. The van der Waals surface area contributed by atoms with Crippen LogP contribution in [0, 0.1) is 0 Å². The van der Waals surface area contributed by atoms with E-state index in [-0.39, 0.29) is 0 Å². The van der Waals surface area contributed by atoms with Gasteiger partial charge in [-0.3, -0.25) is 0 Å². The Bertz CT molecular complexity index is 3520. The van der Waals surface area contributed by atoms with Crippen molar-refractivity contribution in [3.63, 3.8) is 0 Å². The minimum atomic E-state index is 1.03. The number of nitrogens with zero attached hydrogens (tertiary/aromatic N) is 1. The van der Waals surface area contributed by atoms with Crippen LogP contribution in [0.4, 0.5) is 0 Å². The fourth-order valence-corrected chi connectivity index (χ4v) is 16.3. The number of unbranched alkanes of at least 4 members (excludes halogenated alkanes) is 5. The van der Waals surface area contributed by atoms with Gasteiger partial charge in [-0.1, -0.05) is 99.7 Å². The van der Waals surface area contributed by atoms with Gasteiger partial charge in [0, 0.05) is 103 Å². The van der Waals surface area contributed by atoms with Crippen LogP contribution in [0.25, 0.3) is 113 Å². The summed E-state index contributed by atoms with van der Waals surface area (Å²) in [5.74, 6) is 0. The SMILES string of the molecule is CCCCCCCCn1c2cc(-c3ccc(-c4ccc(-c5cccs5)s4)s3)ccc2c2ccc3c(ccc4c5ccc(-c6ccc(-c7ccc(-c8cccs8)s7)s6)cc5sc43)c21. The number of fused-ring (bicyclic) bond motifs is 9. The average molecular weight is 928 g/mol. The van der Waals surface area contributed by atoms with E-state index in [1.807, 2.05) is 79.4 Å². The first-order chi connectivity index (χ1) is 30.7. The molecule has 0 aliphatic rings. The highest BCUT2D eigenvalue weighted by Crippen LogP contribution is 2.47. The zero-order valence-corrected chi connectivity index (χ0v) is 39.8. The number of hydrogen-bond donors (Lipinski definition) is 0. The van der Waals surface area contributed by atoms with E-state index in [2.05, 4.69) is 156 Å². The Kier molecular flexibility index (Phi) is 10.4. The summed E-state index contributed by atoms with van der Waals surface area (Å²) in [6, 6.07) is 51.1. The summed E-state index contributed by atoms with van der Waals surface area (Å²) in [7, 11) is 0. The predicted octanol–water partition coefficient (Wildman–Crippen LogP) is 20.0. The maximum atomic E-state index is 2.68. The van der Waals surface area contributed by atoms with E-state index in [1.165, 1.54) is 151 Å². The first-order valence-corrected chi connectivity index (χ1v) is 27.3. The van der Waals surface area contributed by atoms with Crippen molar-refractivity contribution in [3.05, 3.63) is 144 Å². The lowest BCUT2D eigenvalue weighted by molar-refractivity contribution is 0.571. The lowest BCUT2D eigenvalue weighted by Crippen LogP contribution is -1.98. The van der Waals surface area contributed by atoms with Crippen LogP contribution in [-0.2, 0) is 6.54 Å². The molecule has 0 aliphatic heterocycles. The van der Waals surface area contributed by atoms with Crippen LogP contribution in [0.5, 0.6) is 0 Å². The molecule has 0 aliphatic carbocycles. The second-order valence-electron chi connectivity index (χ2n) is 16.1. The third kappa shape index (κ3) is 6.96. The molecule has 304 valence electrons. The van der Waals surface area contributed by atoms with E-state index in [0.717, 1.165) is 6.54 Å². The van der Waals surface area contributed by atoms with Gasteiger partial charge in [0.2, 0.25) is 0 Å². The second-order valence-corrected chi connectivity index (χ2v) is 23.4. The molecule has 0 bridgehead atoms. The summed E-state index contributed by atoms with van der Waals surface area (Å²) in [5.41, 5.74) is 5.34. The van der Waals surface area contributed by atoms with Crippen LogP contribution >= 0.6 is 79.4 Å². The lowest BCUT2D eigenvalue weighted by Gasteiger charge is -2.11. The van der Waals surface area contributed by atoms with Gasteiger partial charge in [0.25, 0.3) is 0 Å². The van der Waals surface area contributed by atoms with Gasteiger partial charge >= 0.3 is 0 Å². The summed E-state index contributed by atoms with van der Waals surface area (Å²) in [6.07, 6.45) is 7.73. The van der Waals surface area contributed by atoms with Gasteiger partial charge in [-0.2, -0.15) is 0 Å². The molecule has 0 saturated heterocycles. The van der Waals surface area contributed by atoms with Crippen LogP contribution in [0.15, 0.2) is 144 Å². The van der Waals surface area contributed by atoms with E-state index >= 15 is 0 Å². The highest BCUT2D eigenvalue weighted by molar-refractivity contribution is 7.28. The molecule has 0 spiro atoms. The van der Waals surface area contributed by atoms with Gasteiger partial charge in [0.15, 0.2) is 0 Å². The van der Waals surface area contributed by atoms with Crippen molar-refractivity contribution < 1.29 is 0 Å². The largest absolute Gasteiger partial charge is 0.340 e. The first kappa shape index (κ1) is 39.0. The second kappa shape index (κ2) is 16.5. The highest BCUT2D eigenvalue weighted by atomic mass is 32.1. The van der Waals surface area contributed by atoms with Crippen LogP contribution in [0.1, 0.15) is 45.4 Å². The standard InChI is InChI=1S/C54H41NS7/c1-2-3-4-5-6-7-28-55-41-31-33(42-20-22-48(58-42)50-26-24-46(60-50)44-10-8-29-56-44)12-14-35(41)37-16-19-40-38(53(37)55)17-18-39-36-15-13-34(32-52(36)62-54(39)40)43-21-23-49(59-43)51-27-25-47(61-51)45-11-9-30-57-45/h8-27,29-32H,2-7,28H2,1H3. The van der Waals surface area contributed by atoms with Gasteiger partial charge in [-0.25, -0.2) is 0 Å². The topological polar surface area (TPSA) is 4.93 Å². The summed E-state index contributed by atoms with van der Waals surface area (Å²) < 4.78 is 5.43. The van der Waals surface area contributed by atoms with E-state index < -0.39 is 0 Å². The van der Waals surface area contributed by atoms with E-state index in [4.69, 9.17) is 0 Å². The van der Waals surface area contributed by atoms with Crippen molar-refractivity contribution in [1.82, 2.24) is 4.57 Å². The zero-order chi connectivity index (χ0) is 41.1. The number of aryl methyl sites for hydroxylation is 1. The maximum absolute atomic E-state index is 2.68. The molecule has 8 heteroatoms. The third-order valence-corrected chi connectivity index (χ3v) is 20.4. The molecule has 12 aromatic rings. The molecule has 0 saturated carbocycles. The molecule has 0 unspecified atom stereocenters. The van der Waals surface area contributed by atoms with Gasteiger partial charge in [0.1, 0.15) is 0 Å². The van der Waals surface area contributed by atoms with Gasteiger partial charge in [0.05, 0.1) is 5.52 Å². The third-order valence-electron chi connectivity index (χ3n) is 12.2. The summed E-state index contributed by atoms with van der Waals surface area (Å²) in [4.78, 5) is 13.4. The first-order valence-electron chi connectivity index (χ1n) is 21.5. The van der Waals surface area contributed by atoms with Crippen molar-refractivity contribution in [2.24, 2.45) is 0 Å². The fraction of sp³-hybridized carbons (Fsp3) is 0.148.